The van der Waals surface area contributed by atoms with Crippen LogP contribution in [0.15, 0.2) is 53.8 Å². The number of aromatic nitrogens is 1. The summed E-state index contributed by atoms with van der Waals surface area (Å²) in [4.78, 5) is 0. The molecule has 1 aromatic heterocycles. The normalized spacial score (nSPS) is 16.1. The fourth-order valence-electron chi connectivity index (χ4n) is 6.93. The van der Waals surface area contributed by atoms with E-state index in [9.17, 15) is 0 Å². The Hall–Kier alpha value is -2.89. The first-order chi connectivity index (χ1) is 19.2. The summed E-state index contributed by atoms with van der Waals surface area (Å²) in [7, 11) is 0. The molecule has 3 heterocycles. The van der Waals surface area contributed by atoms with Gasteiger partial charge in [-0.15, -0.1) is 6.58 Å². The molecule has 6 heteroatoms. The van der Waals surface area contributed by atoms with E-state index >= 15 is 8.63 Å². The zero-order chi connectivity index (χ0) is 29.0. The van der Waals surface area contributed by atoms with Crippen molar-refractivity contribution in [2.45, 2.75) is 106 Å². The zero-order valence-corrected chi connectivity index (χ0v) is 25.5. The summed E-state index contributed by atoms with van der Waals surface area (Å²) in [6, 6.07) is 8.07. The van der Waals surface area contributed by atoms with E-state index in [0.29, 0.717) is 29.4 Å². The number of fused-ring (bicyclic) bond motifs is 2. The van der Waals surface area contributed by atoms with Crippen LogP contribution in [0.1, 0.15) is 114 Å². The summed E-state index contributed by atoms with van der Waals surface area (Å²) in [6.45, 7) is 12.3. The topological polar surface area (TPSA) is 17.2 Å². The minimum absolute atomic E-state index is 0.660. The second-order valence-corrected chi connectivity index (χ2v) is 11.4. The van der Waals surface area contributed by atoms with Crippen LogP contribution in [0.4, 0.5) is 8.63 Å². The Balaban J connectivity index is 1.58. The molecule has 2 aliphatic heterocycles. The van der Waals surface area contributed by atoms with E-state index in [-0.39, 0.29) is 0 Å². The molecule has 0 saturated heterocycles. The average Bonchev–Trinajstić information content (AvgIpc) is 3.35. The second-order valence-electron chi connectivity index (χ2n) is 11.4. The molecule has 0 aliphatic carbocycles. The predicted octanol–water partition coefficient (Wildman–Crippen LogP) is 9.56. The molecule has 0 atom stereocenters. The third-order valence-corrected chi connectivity index (χ3v) is 8.96. The highest BCUT2D eigenvalue weighted by molar-refractivity contribution is 6.58. The lowest BCUT2D eigenvalue weighted by Crippen LogP contribution is -2.51. The fourth-order valence-corrected chi connectivity index (χ4v) is 6.93. The van der Waals surface area contributed by atoms with E-state index in [0.717, 1.165) is 64.8 Å². The average molecular weight is 549 g/mol. The molecule has 2 aromatic rings. The summed E-state index contributed by atoms with van der Waals surface area (Å²) < 4.78 is 41.5. The smallest absolute Gasteiger partial charge is 0.494 e. The molecule has 0 spiro atoms. The van der Waals surface area contributed by atoms with Gasteiger partial charge in [0.25, 0.3) is 0 Å². The highest BCUT2D eigenvalue weighted by Crippen LogP contribution is 2.47. The number of hydrogen-bond acceptors (Lipinski definition) is 1. The first-order valence-electron chi connectivity index (χ1n) is 15.3. The predicted molar refractivity (Wildman–Crippen MR) is 166 cm³/mol. The van der Waals surface area contributed by atoms with E-state index in [1.807, 2.05) is 58.0 Å². The monoisotopic (exact) mass is 548 g/mol. The van der Waals surface area contributed by atoms with Gasteiger partial charge in [-0.3, -0.25) is 0 Å². The quantitative estimate of drug-likeness (QED) is 0.131. The van der Waals surface area contributed by atoms with Gasteiger partial charge in [0, 0.05) is 23.8 Å². The van der Waals surface area contributed by atoms with E-state index in [1.54, 1.807) is 0 Å². The SMILES string of the molecule is C=CCCCCCCCCCOc1ccc(C2=C3C(C)=C(CC)C(C)=[N+]3[B-](F)(F)n3c(C)c(CC)c(C)c32)cc1. The van der Waals surface area contributed by atoms with Gasteiger partial charge >= 0.3 is 6.97 Å². The number of nitrogens with zero attached hydrogens (tertiary/aromatic N) is 2. The van der Waals surface area contributed by atoms with Crippen molar-refractivity contribution in [3.05, 3.63) is 81.8 Å². The molecule has 0 bridgehead atoms. The maximum absolute atomic E-state index is 16.4. The van der Waals surface area contributed by atoms with Crippen LogP contribution in [0.2, 0.25) is 0 Å². The molecule has 4 rings (SSSR count). The summed E-state index contributed by atoms with van der Waals surface area (Å²) >= 11 is 0. The van der Waals surface area contributed by atoms with Crippen LogP contribution in [0, 0.1) is 13.8 Å². The van der Waals surface area contributed by atoms with Crippen LogP contribution in [0.5, 0.6) is 5.75 Å². The molecule has 1 aromatic carbocycles. The van der Waals surface area contributed by atoms with Crippen LogP contribution < -0.4 is 4.74 Å². The van der Waals surface area contributed by atoms with Crippen LogP contribution in [0.25, 0.3) is 5.57 Å². The Kier molecular flexibility index (Phi) is 9.58. The molecule has 3 nitrogen and oxygen atoms in total. The summed E-state index contributed by atoms with van der Waals surface area (Å²) in [5, 5.41) is 0. The van der Waals surface area contributed by atoms with Gasteiger partial charge < -0.3 is 22.3 Å². The van der Waals surface area contributed by atoms with Crippen molar-refractivity contribution in [3.8, 4) is 5.75 Å². The standard InChI is InChI=1S/C34H47BF2N2O/c1-8-11-12-13-14-15-16-17-18-23-40-29-21-19-28(20-22-29)32-33-24(4)30(9-2)26(6)38(33)35(36,37)39-27(7)31(10-3)25(5)34(32)39/h8,19-22H,1,9-18,23H2,2-7H3. The Morgan fingerprint density at radius 2 is 1.52 bits per heavy atom. The van der Waals surface area contributed by atoms with E-state index in [2.05, 4.69) is 20.4 Å². The number of hydrogen-bond donors (Lipinski definition) is 0. The Morgan fingerprint density at radius 1 is 0.900 bits per heavy atom. The molecular formula is C34H47BF2N2O. The van der Waals surface area contributed by atoms with Crippen LogP contribution in [-0.4, -0.2) is 28.3 Å². The van der Waals surface area contributed by atoms with Crippen molar-refractivity contribution in [2.75, 3.05) is 6.61 Å². The van der Waals surface area contributed by atoms with Crippen molar-refractivity contribution in [1.82, 2.24) is 4.48 Å². The van der Waals surface area contributed by atoms with Gasteiger partial charge in [-0.25, -0.2) is 0 Å². The highest BCUT2D eigenvalue weighted by Gasteiger charge is 2.56. The van der Waals surface area contributed by atoms with Gasteiger partial charge in [0.1, 0.15) is 11.5 Å². The summed E-state index contributed by atoms with van der Waals surface area (Å²) in [5.74, 6) is 0.828. The molecule has 40 heavy (non-hydrogen) atoms. The van der Waals surface area contributed by atoms with Crippen molar-refractivity contribution in [2.24, 2.45) is 0 Å². The van der Waals surface area contributed by atoms with Crippen molar-refractivity contribution in [3.63, 3.8) is 0 Å². The third-order valence-electron chi connectivity index (χ3n) is 8.96. The van der Waals surface area contributed by atoms with Crippen molar-refractivity contribution < 1.29 is 17.9 Å². The first kappa shape index (κ1) is 30.1. The number of rotatable bonds is 14. The van der Waals surface area contributed by atoms with Gasteiger partial charge in [-0.2, -0.15) is 0 Å². The Labute approximate surface area is 240 Å². The van der Waals surface area contributed by atoms with Gasteiger partial charge in [0.15, 0.2) is 5.70 Å². The minimum atomic E-state index is -4.00. The zero-order valence-electron chi connectivity index (χ0n) is 25.5. The molecule has 216 valence electrons. The number of halogens is 2. The second kappa shape index (κ2) is 12.7. The minimum Gasteiger partial charge on any atom is -0.494 e. The number of ether oxygens (including phenoxy) is 1. The number of allylic oxidation sites excluding steroid dienone is 3. The number of unbranched alkanes of at least 4 members (excludes halogenated alkanes) is 7. The maximum Gasteiger partial charge on any atom is 0.737 e. The molecule has 0 fully saturated rings. The molecular weight excluding hydrogens is 501 g/mol. The lowest BCUT2D eigenvalue weighted by molar-refractivity contribution is -0.363. The Morgan fingerprint density at radius 3 is 2.12 bits per heavy atom. The van der Waals surface area contributed by atoms with Gasteiger partial charge in [-0.05, 0) is 87.4 Å². The maximum atomic E-state index is 16.4. The lowest BCUT2D eigenvalue weighted by atomic mass is 9.83. The summed E-state index contributed by atoms with van der Waals surface area (Å²) in [6.07, 6.45) is 13.2. The molecule has 0 unspecified atom stereocenters. The largest absolute Gasteiger partial charge is 0.737 e. The highest BCUT2D eigenvalue weighted by atomic mass is 19.2. The van der Waals surface area contributed by atoms with Gasteiger partial charge in [0.05, 0.1) is 12.2 Å². The van der Waals surface area contributed by atoms with Gasteiger partial charge in [0.2, 0.25) is 0 Å². The van der Waals surface area contributed by atoms with Crippen molar-refractivity contribution in [1.29, 1.82) is 0 Å². The van der Waals surface area contributed by atoms with Crippen molar-refractivity contribution >= 4 is 18.3 Å². The van der Waals surface area contributed by atoms with Gasteiger partial charge in [-0.1, -0.05) is 64.2 Å². The van der Waals surface area contributed by atoms with E-state index in [4.69, 9.17) is 4.74 Å². The first-order valence-corrected chi connectivity index (χ1v) is 15.3. The number of benzene rings is 1. The Bertz CT molecular complexity index is 1340. The molecule has 0 saturated carbocycles. The molecule has 2 aliphatic rings. The lowest BCUT2D eigenvalue weighted by Gasteiger charge is -2.34. The fraction of sp³-hybridized carbons (Fsp3) is 0.500. The van der Waals surface area contributed by atoms with Crippen LogP contribution in [0.3, 0.4) is 0 Å². The van der Waals surface area contributed by atoms with Crippen LogP contribution in [-0.2, 0) is 6.42 Å². The molecule has 0 amide bonds. The molecule has 0 N–H and O–H groups in total. The van der Waals surface area contributed by atoms with E-state index < -0.39 is 6.97 Å². The molecule has 0 radical (unpaired) electrons. The van der Waals surface area contributed by atoms with E-state index in [1.165, 1.54) is 47.5 Å². The summed E-state index contributed by atoms with van der Waals surface area (Å²) in [5.41, 5.74) is 8.45. The third kappa shape index (κ3) is 5.39. The van der Waals surface area contributed by atoms with Crippen LogP contribution >= 0.6 is 0 Å².